The van der Waals surface area contributed by atoms with Crippen molar-refractivity contribution in [1.29, 1.82) is 0 Å². The van der Waals surface area contributed by atoms with Crippen molar-refractivity contribution in [3.8, 4) is 0 Å². The first-order chi connectivity index (χ1) is 12.0. The number of rotatable bonds is 9. The van der Waals surface area contributed by atoms with E-state index in [2.05, 4.69) is 24.4 Å². The lowest BCUT2D eigenvalue weighted by Gasteiger charge is -2.05. The highest BCUT2D eigenvalue weighted by Gasteiger charge is 2.20. The van der Waals surface area contributed by atoms with Crippen molar-refractivity contribution in [3.05, 3.63) is 51.9 Å². The van der Waals surface area contributed by atoms with Crippen molar-refractivity contribution in [3.63, 3.8) is 0 Å². The summed E-state index contributed by atoms with van der Waals surface area (Å²) < 4.78 is 0. The highest BCUT2D eigenvalue weighted by Crippen LogP contribution is 2.34. The molecule has 0 radical (unpaired) electrons. The standard InChI is InChI=1S/C20H26N2O2S/c1-3-4-5-9-12-17(23)22-20-18(19(21)24)14(2)16(25-20)13-15-10-7-6-8-11-15/h6-8,10-11H,3-5,9,12-13H2,1-2H3,(H2,21,24)(H,22,23). The Labute approximate surface area is 153 Å². The molecule has 0 saturated carbocycles. The van der Waals surface area contributed by atoms with E-state index >= 15 is 0 Å². The second-order valence-electron chi connectivity index (χ2n) is 6.24. The molecule has 3 N–H and O–H groups in total. The molecule has 1 aromatic carbocycles. The molecule has 25 heavy (non-hydrogen) atoms. The Balaban J connectivity index is 2.13. The Morgan fingerprint density at radius 3 is 2.48 bits per heavy atom. The van der Waals surface area contributed by atoms with Crippen LogP contribution in [0.25, 0.3) is 0 Å². The highest BCUT2D eigenvalue weighted by atomic mass is 32.1. The van der Waals surface area contributed by atoms with Gasteiger partial charge in [0.15, 0.2) is 0 Å². The van der Waals surface area contributed by atoms with Crippen LogP contribution in [0, 0.1) is 6.92 Å². The molecule has 0 atom stereocenters. The summed E-state index contributed by atoms with van der Waals surface area (Å²) in [5.41, 5.74) is 8.03. The maximum Gasteiger partial charge on any atom is 0.251 e. The van der Waals surface area contributed by atoms with E-state index in [-0.39, 0.29) is 5.91 Å². The van der Waals surface area contributed by atoms with Crippen LogP contribution in [0.2, 0.25) is 0 Å². The number of anilines is 1. The van der Waals surface area contributed by atoms with Crippen LogP contribution in [0.15, 0.2) is 30.3 Å². The molecule has 2 aromatic rings. The third kappa shape index (κ3) is 5.43. The SMILES string of the molecule is CCCCCCC(=O)Nc1sc(Cc2ccccc2)c(C)c1C(N)=O. The lowest BCUT2D eigenvalue weighted by molar-refractivity contribution is -0.116. The van der Waals surface area contributed by atoms with Crippen molar-refractivity contribution in [2.24, 2.45) is 5.73 Å². The summed E-state index contributed by atoms with van der Waals surface area (Å²) in [7, 11) is 0. The minimum Gasteiger partial charge on any atom is -0.365 e. The van der Waals surface area contributed by atoms with Crippen LogP contribution in [-0.2, 0) is 11.2 Å². The zero-order valence-electron chi connectivity index (χ0n) is 14.9. The van der Waals surface area contributed by atoms with Crippen LogP contribution in [-0.4, -0.2) is 11.8 Å². The lowest BCUT2D eigenvalue weighted by Crippen LogP contribution is -2.17. The van der Waals surface area contributed by atoms with Crippen molar-refractivity contribution >= 4 is 28.2 Å². The van der Waals surface area contributed by atoms with E-state index in [0.717, 1.165) is 42.5 Å². The molecule has 2 amide bonds. The Morgan fingerprint density at radius 1 is 1.12 bits per heavy atom. The van der Waals surface area contributed by atoms with Crippen LogP contribution in [0.4, 0.5) is 5.00 Å². The van der Waals surface area contributed by atoms with Crippen molar-refractivity contribution in [2.45, 2.75) is 52.4 Å². The normalized spacial score (nSPS) is 10.6. The van der Waals surface area contributed by atoms with E-state index in [0.29, 0.717) is 17.0 Å². The van der Waals surface area contributed by atoms with E-state index in [4.69, 9.17) is 5.73 Å². The number of carbonyl (C=O) groups is 2. The summed E-state index contributed by atoms with van der Waals surface area (Å²) in [5.74, 6) is -0.541. The number of thiophene rings is 1. The number of nitrogens with two attached hydrogens (primary N) is 1. The lowest BCUT2D eigenvalue weighted by atomic mass is 10.1. The molecular weight excluding hydrogens is 332 g/mol. The molecule has 2 rings (SSSR count). The summed E-state index contributed by atoms with van der Waals surface area (Å²) >= 11 is 1.45. The van der Waals surface area contributed by atoms with E-state index in [1.54, 1.807) is 0 Å². The molecule has 0 bridgehead atoms. The molecule has 1 heterocycles. The molecular formula is C20H26N2O2S. The van der Waals surface area contributed by atoms with E-state index in [9.17, 15) is 9.59 Å². The third-order valence-corrected chi connectivity index (χ3v) is 5.42. The summed E-state index contributed by atoms with van der Waals surface area (Å²) in [6.45, 7) is 4.04. The van der Waals surface area contributed by atoms with Crippen LogP contribution in [0.5, 0.6) is 0 Å². The van der Waals surface area contributed by atoms with Crippen LogP contribution in [0.3, 0.4) is 0 Å². The van der Waals surface area contributed by atoms with Gasteiger partial charge in [-0.05, 0) is 24.5 Å². The molecule has 1 aromatic heterocycles. The van der Waals surface area contributed by atoms with Gasteiger partial charge in [-0.2, -0.15) is 0 Å². The Bertz CT molecular complexity index is 723. The number of unbranched alkanes of at least 4 members (excludes halogenated alkanes) is 3. The number of primary amides is 1. The number of benzene rings is 1. The zero-order valence-corrected chi connectivity index (χ0v) is 15.7. The van der Waals surface area contributed by atoms with Gasteiger partial charge in [0, 0.05) is 17.7 Å². The molecule has 0 saturated heterocycles. The average molecular weight is 359 g/mol. The average Bonchev–Trinajstić information content (AvgIpc) is 2.88. The summed E-state index contributed by atoms with van der Waals surface area (Å²) in [6.07, 6.45) is 5.40. The van der Waals surface area contributed by atoms with Crippen LogP contribution in [0.1, 0.15) is 65.4 Å². The van der Waals surface area contributed by atoms with Gasteiger partial charge in [0.1, 0.15) is 5.00 Å². The summed E-state index contributed by atoms with van der Waals surface area (Å²) in [4.78, 5) is 25.1. The molecule has 4 nitrogen and oxygen atoms in total. The highest BCUT2D eigenvalue weighted by molar-refractivity contribution is 7.17. The van der Waals surface area contributed by atoms with Gasteiger partial charge in [0.2, 0.25) is 5.91 Å². The molecule has 0 fully saturated rings. The second-order valence-corrected chi connectivity index (χ2v) is 7.34. The maximum atomic E-state index is 12.2. The predicted molar refractivity (Wildman–Crippen MR) is 104 cm³/mol. The minimum absolute atomic E-state index is 0.0499. The number of carbonyl (C=O) groups excluding carboxylic acids is 2. The van der Waals surface area contributed by atoms with Gasteiger partial charge in [0.05, 0.1) is 5.56 Å². The first kappa shape index (κ1) is 19.2. The van der Waals surface area contributed by atoms with Gasteiger partial charge in [-0.15, -0.1) is 11.3 Å². The fourth-order valence-electron chi connectivity index (χ4n) is 2.80. The topological polar surface area (TPSA) is 72.2 Å². The second kappa shape index (κ2) is 9.37. The van der Waals surface area contributed by atoms with E-state index in [1.807, 2.05) is 25.1 Å². The quantitative estimate of drug-likeness (QED) is 0.640. The fourth-order valence-corrected chi connectivity index (χ4v) is 4.06. The van der Waals surface area contributed by atoms with Crippen LogP contribution < -0.4 is 11.1 Å². The van der Waals surface area contributed by atoms with Gasteiger partial charge >= 0.3 is 0 Å². The van der Waals surface area contributed by atoms with Crippen molar-refractivity contribution in [2.75, 3.05) is 5.32 Å². The molecule has 134 valence electrons. The first-order valence-corrected chi connectivity index (χ1v) is 9.60. The molecule has 0 aliphatic carbocycles. The smallest absolute Gasteiger partial charge is 0.251 e. The molecule has 5 heteroatoms. The number of hydrogen-bond donors (Lipinski definition) is 2. The van der Waals surface area contributed by atoms with Crippen molar-refractivity contribution < 1.29 is 9.59 Å². The van der Waals surface area contributed by atoms with E-state index in [1.165, 1.54) is 16.9 Å². The predicted octanol–water partition coefficient (Wildman–Crippen LogP) is 4.66. The minimum atomic E-state index is -0.491. The number of hydrogen-bond acceptors (Lipinski definition) is 3. The van der Waals surface area contributed by atoms with Gasteiger partial charge in [-0.25, -0.2) is 0 Å². The molecule has 0 aliphatic rings. The monoisotopic (exact) mass is 358 g/mol. The Kier molecular flexibility index (Phi) is 7.19. The van der Waals surface area contributed by atoms with Gasteiger partial charge in [0.25, 0.3) is 5.91 Å². The van der Waals surface area contributed by atoms with Gasteiger partial charge in [-0.3, -0.25) is 9.59 Å². The van der Waals surface area contributed by atoms with Crippen LogP contribution >= 0.6 is 11.3 Å². The van der Waals surface area contributed by atoms with Gasteiger partial charge < -0.3 is 11.1 Å². The molecule has 0 unspecified atom stereocenters. The Morgan fingerprint density at radius 2 is 1.84 bits per heavy atom. The molecule has 0 spiro atoms. The summed E-state index contributed by atoms with van der Waals surface area (Å²) in [5, 5.41) is 3.47. The fraction of sp³-hybridized carbons (Fsp3) is 0.400. The zero-order chi connectivity index (χ0) is 18.2. The number of amides is 2. The molecule has 0 aliphatic heterocycles. The van der Waals surface area contributed by atoms with Gasteiger partial charge in [-0.1, -0.05) is 56.5 Å². The third-order valence-electron chi connectivity index (χ3n) is 4.21. The number of nitrogens with one attached hydrogen (secondary N) is 1. The largest absolute Gasteiger partial charge is 0.365 e. The van der Waals surface area contributed by atoms with Crippen molar-refractivity contribution in [1.82, 2.24) is 0 Å². The summed E-state index contributed by atoms with van der Waals surface area (Å²) in [6, 6.07) is 10.1. The Hall–Kier alpha value is -2.14. The maximum absolute atomic E-state index is 12.2. The van der Waals surface area contributed by atoms with E-state index < -0.39 is 5.91 Å². The first-order valence-electron chi connectivity index (χ1n) is 8.78.